The molecule has 0 amide bonds. The first-order valence-corrected chi connectivity index (χ1v) is 8.05. The number of hydrogen-bond acceptors (Lipinski definition) is 4. The van der Waals surface area contributed by atoms with E-state index in [2.05, 4.69) is 4.98 Å². The van der Waals surface area contributed by atoms with Crippen molar-refractivity contribution in [3.8, 4) is 5.75 Å². The SMILES string of the molecule is COc1ccc(C(=O)COC(=O)CCc2c[nH]c3ccccc23)cc1. The van der Waals surface area contributed by atoms with E-state index in [9.17, 15) is 9.59 Å². The van der Waals surface area contributed by atoms with Crippen LogP contribution in [0.2, 0.25) is 0 Å². The topological polar surface area (TPSA) is 68.4 Å². The molecule has 128 valence electrons. The van der Waals surface area contributed by atoms with Gasteiger partial charge in [-0.05, 0) is 42.3 Å². The number of para-hydroxylation sites is 1. The molecule has 0 radical (unpaired) electrons. The molecular weight excluding hydrogens is 318 g/mol. The van der Waals surface area contributed by atoms with Crippen molar-refractivity contribution >= 4 is 22.7 Å². The number of aryl methyl sites for hydroxylation is 1. The maximum Gasteiger partial charge on any atom is 0.306 e. The standard InChI is InChI=1S/C20H19NO4/c1-24-16-9-6-14(7-10-16)19(22)13-25-20(23)11-8-15-12-21-18-5-3-2-4-17(15)18/h2-7,9-10,12,21H,8,11,13H2,1H3. The maximum atomic E-state index is 12.0. The zero-order valence-electron chi connectivity index (χ0n) is 14.0. The number of nitrogens with one attached hydrogen (secondary N) is 1. The lowest BCUT2D eigenvalue weighted by Crippen LogP contribution is -2.14. The Morgan fingerprint density at radius 2 is 1.80 bits per heavy atom. The lowest BCUT2D eigenvalue weighted by molar-refractivity contribution is -0.142. The number of carbonyl (C=O) groups excluding carboxylic acids is 2. The average molecular weight is 337 g/mol. The molecule has 1 N–H and O–H groups in total. The molecule has 0 saturated carbocycles. The Balaban J connectivity index is 1.50. The van der Waals surface area contributed by atoms with Gasteiger partial charge in [-0.25, -0.2) is 0 Å². The normalized spacial score (nSPS) is 10.6. The number of aromatic amines is 1. The summed E-state index contributed by atoms with van der Waals surface area (Å²) in [5.74, 6) is 0.0579. The van der Waals surface area contributed by atoms with Crippen LogP contribution in [0, 0.1) is 0 Å². The summed E-state index contributed by atoms with van der Waals surface area (Å²) in [7, 11) is 1.56. The van der Waals surface area contributed by atoms with Gasteiger partial charge in [-0.3, -0.25) is 9.59 Å². The van der Waals surface area contributed by atoms with Gasteiger partial charge in [0.05, 0.1) is 7.11 Å². The fourth-order valence-electron chi connectivity index (χ4n) is 2.65. The molecule has 0 aliphatic heterocycles. The molecule has 5 nitrogen and oxygen atoms in total. The number of carbonyl (C=O) groups is 2. The predicted molar refractivity (Wildman–Crippen MR) is 94.9 cm³/mol. The van der Waals surface area contributed by atoms with Crippen molar-refractivity contribution in [2.75, 3.05) is 13.7 Å². The highest BCUT2D eigenvalue weighted by atomic mass is 16.5. The van der Waals surface area contributed by atoms with Crippen LogP contribution in [0.1, 0.15) is 22.3 Å². The summed E-state index contributed by atoms with van der Waals surface area (Å²) in [6.45, 7) is -0.251. The van der Waals surface area contributed by atoms with E-state index in [1.165, 1.54) is 0 Å². The summed E-state index contributed by atoms with van der Waals surface area (Å²) in [5, 5.41) is 1.10. The summed E-state index contributed by atoms with van der Waals surface area (Å²) >= 11 is 0. The molecule has 0 unspecified atom stereocenters. The van der Waals surface area contributed by atoms with E-state index in [4.69, 9.17) is 9.47 Å². The molecule has 0 bridgehead atoms. The van der Waals surface area contributed by atoms with Crippen LogP contribution in [0.25, 0.3) is 10.9 Å². The quantitative estimate of drug-likeness (QED) is 0.529. The fraction of sp³-hybridized carbons (Fsp3) is 0.200. The molecule has 0 atom stereocenters. The minimum Gasteiger partial charge on any atom is -0.497 e. The first kappa shape index (κ1) is 16.8. The van der Waals surface area contributed by atoms with Gasteiger partial charge in [0.15, 0.2) is 12.4 Å². The molecule has 0 aliphatic carbocycles. The Kier molecular flexibility index (Phi) is 5.14. The predicted octanol–water partition coefficient (Wildman–Crippen LogP) is 3.54. The van der Waals surface area contributed by atoms with Gasteiger partial charge in [-0.1, -0.05) is 18.2 Å². The van der Waals surface area contributed by atoms with Crippen molar-refractivity contribution in [1.82, 2.24) is 4.98 Å². The lowest BCUT2D eigenvalue weighted by atomic mass is 10.1. The smallest absolute Gasteiger partial charge is 0.306 e. The van der Waals surface area contributed by atoms with Gasteiger partial charge in [0, 0.05) is 29.1 Å². The largest absolute Gasteiger partial charge is 0.497 e. The van der Waals surface area contributed by atoms with Crippen molar-refractivity contribution in [1.29, 1.82) is 0 Å². The van der Waals surface area contributed by atoms with Crippen LogP contribution in [0.15, 0.2) is 54.7 Å². The van der Waals surface area contributed by atoms with Crippen molar-refractivity contribution in [2.24, 2.45) is 0 Å². The molecule has 2 aromatic carbocycles. The van der Waals surface area contributed by atoms with E-state index in [1.54, 1.807) is 31.4 Å². The zero-order valence-corrected chi connectivity index (χ0v) is 14.0. The number of aromatic nitrogens is 1. The first-order valence-electron chi connectivity index (χ1n) is 8.05. The van der Waals surface area contributed by atoms with E-state index in [0.717, 1.165) is 16.5 Å². The summed E-state index contributed by atoms with van der Waals surface area (Å²) in [6, 6.07) is 14.6. The Morgan fingerprint density at radius 3 is 2.56 bits per heavy atom. The Labute approximate surface area is 145 Å². The highest BCUT2D eigenvalue weighted by molar-refractivity contribution is 5.98. The number of H-pyrrole nitrogens is 1. The van der Waals surface area contributed by atoms with E-state index in [-0.39, 0.29) is 24.8 Å². The fourth-order valence-corrected chi connectivity index (χ4v) is 2.65. The minimum atomic E-state index is -0.382. The van der Waals surface area contributed by atoms with E-state index in [0.29, 0.717) is 17.7 Å². The van der Waals surface area contributed by atoms with Crippen LogP contribution in [0.5, 0.6) is 5.75 Å². The monoisotopic (exact) mass is 337 g/mol. The number of fused-ring (bicyclic) bond motifs is 1. The van der Waals surface area contributed by atoms with E-state index in [1.807, 2.05) is 30.5 Å². The van der Waals surface area contributed by atoms with E-state index >= 15 is 0 Å². The number of methoxy groups -OCH3 is 1. The third-order valence-corrected chi connectivity index (χ3v) is 4.05. The van der Waals surface area contributed by atoms with Crippen molar-refractivity contribution in [3.05, 3.63) is 65.9 Å². The molecule has 5 heteroatoms. The number of Topliss-reactive ketones (excluding diaryl/α,β-unsaturated/α-hetero) is 1. The summed E-state index contributed by atoms with van der Waals surface area (Å²) in [4.78, 5) is 27.1. The first-order chi connectivity index (χ1) is 12.2. The third kappa shape index (κ3) is 4.07. The average Bonchev–Trinajstić information content (AvgIpc) is 3.07. The number of ketones is 1. The molecule has 0 spiro atoms. The molecule has 0 aliphatic rings. The van der Waals surface area contributed by atoms with Crippen LogP contribution >= 0.6 is 0 Å². The highest BCUT2D eigenvalue weighted by Crippen LogP contribution is 2.19. The Hall–Kier alpha value is -3.08. The Morgan fingerprint density at radius 1 is 1.04 bits per heavy atom. The molecule has 1 heterocycles. The highest BCUT2D eigenvalue weighted by Gasteiger charge is 2.11. The summed E-state index contributed by atoms with van der Waals surface area (Å²) in [6.07, 6.45) is 2.71. The summed E-state index contributed by atoms with van der Waals surface area (Å²) in [5.41, 5.74) is 2.60. The number of hydrogen-bond donors (Lipinski definition) is 1. The molecule has 0 saturated heterocycles. The van der Waals surface area contributed by atoms with Crippen LogP contribution in [-0.2, 0) is 16.0 Å². The second-order valence-corrected chi connectivity index (χ2v) is 5.67. The number of rotatable bonds is 7. The number of ether oxygens (including phenoxy) is 2. The zero-order chi connectivity index (χ0) is 17.6. The molecule has 0 fully saturated rings. The van der Waals surface area contributed by atoms with Crippen LogP contribution in [-0.4, -0.2) is 30.5 Å². The molecule has 3 aromatic rings. The van der Waals surface area contributed by atoms with Crippen LogP contribution < -0.4 is 4.74 Å². The van der Waals surface area contributed by atoms with Gasteiger partial charge in [0.1, 0.15) is 5.75 Å². The minimum absolute atomic E-state index is 0.233. The van der Waals surface area contributed by atoms with Gasteiger partial charge in [0.25, 0.3) is 0 Å². The second-order valence-electron chi connectivity index (χ2n) is 5.67. The number of benzene rings is 2. The van der Waals surface area contributed by atoms with Crippen molar-refractivity contribution < 1.29 is 19.1 Å². The van der Waals surface area contributed by atoms with Gasteiger partial charge < -0.3 is 14.5 Å². The molecule has 3 rings (SSSR count). The second kappa shape index (κ2) is 7.66. The van der Waals surface area contributed by atoms with Gasteiger partial charge in [0.2, 0.25) is 0 Å². The van der Waals surface area contributed by atoms with Gasteiger partial charge >= 0.3 is 5.97 Å². The lowest BCUT2D eigenvalue weighted by Gasteiger charge is -2.05. The van der Waals surface area contributed by atoms with Crippen molar-refractivity contribution in [2.45, 2.75) is 12.8 Å². The van der Waals surface area contributed by atoms with Gasteiger partial charge in [-0.2, -0.15) is 0 Å². The maximum absolute atomic E-state index is 12.0. The van der Waals surface area contributed by atoms with Crippen LogP contribution in [0.3, 0.4) is 0 Å². The molecular formula is C20H19NO4. The molecule has 25 heavy (non-hydrogen) atoms. The van der Waals surface area contributed by atoms with E-state index < -0.39 is 0 Å². The Bertz CT molecular complexity index is 880. The third-order valence-electron chi connectivity index (χ3n) is 4.05. The molecule has 1 aromatic heterocycles. The summed E-state index contributed by atoms with van der Waals surface area (Å²) < 4.78 is 10.1. The van der Waals surface area contributed by atoms with Gasteiger partial charge in [-0.15, -0.1) is 0 Å². The number of esters is 1. The van der Waals surface area contributed by atoms with Crippen molar-refractivity contribution in [3.63, 3.8) is 0 Å². The van der Waals surface area contributed by atoms with Crippen LogP contribution in [0.4, 0.5) is 0 Å².